The summed E-state index contributed by atoms with van der Waals surface area (Å²) >= 11 is 3.39. The Labute approximate surface area is 130 Å². The van der Waals surface area contributed by atoms with Gasteiger partial charge in [0, 0.05) is 17.8 Å². The number of carbonyl (C=O) groups is 1. The molecule has 0 saturated carbocycles. The molecule has 0 unspecified atom stereocenters. The number of aromatic nitrogens is 2. The van der Waals surface area contributed by atoms with Gasteiger partial charge in [-0.05, 0) is 45.8 Å². The molecule has 0 aliphatic rings. The third-order valence-electron chi connectivity index (χ3n) is 3.47. The maximum absolute atomic E-state index is 12.8. The summed E-state index contributed by atoms with van der Waals surface area (Å²) in [5.74, 6) is -0.121. The molecule has 1 aromatic heterocycles. The van der Waals surface area contributed by atoms with Gasteiger partial charge in [0.05, 0.1) is 10.7 Å². The first-order valence-electron chi connectivity index (χ1n) is 6.66. The van der Waals surface area contributed by atoms with E-state index in [1.807, 2.05) is 43.3 Å². The standard InChI is InChI=1S/C16H14BrN3O/c1-2-20-15(13(17)9-19-20)16(21)12-7-10-5-3-4-6-11(10)8-14(12)18/h3-9H,2,18H2,1H3. The van der Waals surface area contributed by atoms with Crippen molar-refractivity contribution in [3.05, 3.63) is 58.3 Å². The van der Waals surface area contributed by atoms with Gasteiger partial charge in [-0.2, -0.15) is 5.10 Å². The molecule has 21 heavy (non-hydrogen) atoms. The number of nitrogen functional groups attached to an aromatic ring is 1. The molecule has 2 aromatic carbocycles. The van der Waals surface area contributed by atoms with Crippen LogP contribution in [0.5, 0.6) is 0 Å². The van der Waals surface area contributed by atoms with Gasteiger partial charge < -0.3 is 5.73 Å². The van der Waals surface area contributed by atoms with Crippen LogP contribution in [0.25, 0.3) is 10.8 Å². The number of hydrogen-bond acceptors (Lipinski definition) is 3. The minimum Gasteiger partial charge on any atom is -0.398 e. The fraction of sp³-hybridized carbons (Fsp3) is 0.125. The minimum atomic E-state index is -0.121. The van der Waals surface area contributed by atoms with Crippen molar-refractivity contribution in [1.29, 1.82) is 0 Å². The Morgan fingerprint density at radius 2 is 1.95 bits per heavy atom. The zero-order valence-electron chi connectivity index (χ0n) is 11.5. The number of nitrogens with zero attached hydrogens (tertiary/aromatic N) is 2. The van der Waals surface area contributed by atoms with E-state index in [0.29, 0.717) is 28.0 Å². The highest BCUT2D eigenvalue weighted by Crippen LogP contribution is 2.26. The summed E-state index contributed by atoms with van der Waals surface area (Å²) in [6, 6.07) is 11.5. The van der Waals surface area contributed by atoms with Crippen molar-refractivity contribution in [2.45, 2.75) is 13.5 Å². The molecule has 0 aliphatic heterocycles. The smallest absolute Gasteiger partial charge is 0.214 e. The Balaban J connectivity index is 2.17. The number of fused-ring (bicyclic) bond motifs is 1. The molecule has 4 nitrogen and oxygen atoms in total. The molecule has 0 fully saturated rings. The third kappa shape index (κ3) is 2.34. The van der Waals surface area contributed by atoms with Gasteiger partial charge in [0.25, 0.3) is 0 Å². The zero-order valence-corrected chi connectivity index (χ0v) is 13.1. The largest absolute Gasteiger partial charge is 0.398 e. The number of hydrogen-bond donors (Lipinski definition) is 1. The van der Waals surface area contributed by atoms with Crippen LogP contribution in [-0.2, 0) is 6.54 Å². The van der Waals surface area contributed by atoms with Crippen molar-refractivity contribution in [3.63, 3.8) is 0 Å². The number of benzene rings is 2. The first kappa shape index (κ1) is 13.8. The van der Waals surface area contributed by atoms with Gasteiger partial charge in [-0.3, -0.25) is 9.48 Å². The lowest BCUT2D eigenvalue weighted by atomic mass is 10.0. The maximum Gasteiger partial charge on any atom is 0.214 e. The van der Waals surface area contributed by atoms with Crippen LogP contribution in [0.3, 0.4) is 0 Å². The van der Waals surface area contributed by atoms with E-state index in [1.54, 1.807) is 10.9 Å². The topological polar surface area (TPSA) is 60.9 Å². The lowest BCUT2D eigenvalue weighted by molar-refractivity contribution is 0.102. The molecular formula is C16H14BrN3O. The number of aryl methyl sites for hydroxylation is 1. The van der Waals surface area contributed by atoms with E-state index in [9.17, 15) is 4.79 Å². The molecule has 0 saturated heterocycles. The molecule has 0 amide bonds. The molecular weight excluding hydrogens is 330 g/mol. The van der Waals surface area contributed by atoms with Gasteiger partial charge in [0.1, 0.15) is 5.69 Å². The third-order valence-corrected chi connectivity index (χ3v) is 4.05. The fourth-order valence-corrected chi connectivity index (χ4v) is 2.89. The monoisotopic (exact) mass is 343 g/mol. The molecule has 0 bridgehead atoms. The summed E-state index contributed by atoms with van der Waals surface area (Å²) in [5, 5.41) is 6.20. The molecule has 3 rings (SSSR count). The Kier molecular flexibility index (Phi) is 3.51. The Bertz CT molecular complexity index is 839. The number of rotatable bonds is 3. The van der Waals surface area contributed by atoms with Crippen molar-refractivity contribution in [2.24, 2.45) is 0 Å². The zero-order chi connectivity index (χ0) is 15.0. The number of nitrogens with two attached hydrogens (primary N) is 1. The number of ketones is 1. The second-order valence-corrected chi connectivity index (χ2v) is 5.63. The quantitative estimate of drug-likeness (QED) is 0.583. The van der Waals surface area contributed by atoms with Crippen LogP contribution in [0.4, 0.5) is 5.69 Å². The fourth-order valence-electron chi connectivity index (χ4n) is 2.41. The van der Waals surface area contributed by atoms with Crippen molar-refractivity contribution < 1.29 is 4.79 Å². The van der Waals surface area contributed by atoms with Crippen LogP contribution in [0.1, 0.15) is 23.0 Å². The molecule has 5 heteroatoms. The molecule has 0 spiro atoms. The summed E-state index contributed by atoms with van der Waals surface area (Å²) in [5.41, 5.74) is 7.58. The normalized spacial score (nSPS) is 11.0. The predicted molar refractivity (Wildman–Crippen MR) is 87.4 cm³/mol. The van der Waals surface area contributed by atoms with Crippen LogP contribution in [-0.4, -0.2) is 15.6 Å². The molecule has 3 aromatic rings. The van der Waals surface area contributed by atoms with E-state index < -0.39 is 0 Å². The van der Waals surface area contributed by atoms with E-state index in [0.717, 1.165) is 10.8 Å². The van der Waals surface area contributed by atoms with Crippen LogP contribution in [0.15, 0.2) is 47.1 Å². The summed E-state index contributed by atoms with van der Waals surface area (Å²) in [7, 11) is 0. The van der Waals surface area contributed by atoms with Crippen molar-refractivity contribution in [3.8, 4) is 0 Å². The van der Waals surface area contributed by atoms with Crippen LogP contribution in [0, 0.1) is 0 Å². The molecule has 2 N–H and O–H groups in total. The first-order valence-corrected chi connectivity index (χ1v) is 7.45. The highest BCUT2D eigenvalue weighted by molar-refractivity contribution is 9.10. The van der Waals surface area contributed by atoms with E-state index in [-0.39, 0.29) is 5.78 Å². The highest BCUT2D eigenvalue weighted by Gasteiger charge is 2.20. The van der Waals surface area contributed by atoms with Gasteiger partial charge >= 0.3 is 0 Å². The second kappa shape index (κ2) is 5.33. The average Bonchev–Trinajstić information content (AvgIpc) is 2.86. The number of anilines is 1. The van der Waals surface area contributed by atoms with Crippen molar-refractivity contribution in [1.82, 2.24) is 9.78 Å². The van der Waals surface area contributed by atoms with E-state index in [1.165, 1.54) is 0 Å². The van der Waals surface area contributed by atoms with Crippen LogP contribution in [0.2, 0.25) is 0 Å². The first-order chi connectivity index (χ1) is 10.1. The number of halogens is 1. The maximum atomic E-state index is 12.8. The molecule has 1 heterocycles. The summed E-state index contributed by atoms with van der Waals surface area (Å²) < 4.78 is 2.35. The minimum absolute atomic E-state index is 0.121. The summed E-state index contributed by atoms with van der Waals surface area (Å²) in [6.07, 6.45) is 1.63. The van der Waals surface area contributed by atoms with Crippen molar-refractivity contribution >= 4 is 38.2 Å². The summed E-state index contributed by atoms with van der Waals surface area (Å²) in [6.45, 7) is 2.57. The van der Waals surface area contributed by atoms with Gasteiger partial charge in [-0.1, -0.05) is 24.3 Å². The van der Waals surface area contributed by atoms with Gasteiger partial charge in [-0.15, -0.1) is 0 Å². The predicted octanol–water partition coefficient (Wildman–Crippen LogP) is 3.63. The highest BCUT2D eigenvalue weighted by atomic mass is 79.9. The van der Waals surface area contributed by atoms with E-state index >= 15 is 0 Å². The van der Waals surface area contributed by atoms with Crippen LogP contribution < -0.4 is 5.73 Å². The van der Waals surface area contributed by atoms with E-state index in [4.69, 9.17) is 5.73 Å². The van der Waals surface area contributed by atoms with Gasteiger partial charge in [0.15, 0.2) is 0 Å². The van der Waals surface area contributed by atoms with Gasteiger partial charge in [0.2, 0.25) is 5.78 Å². The molecule has 0 aliphatic carbocycles. The Morgan fingerprint density at radius 1 is 1.29 bits per heavy atom. The van der Waals surface area contributed by atoms with Gasteiger partial charge in [-0.25, -0.2) is 0 Å². The summed E-state index contributed by atoms with van der Waals surface area (Å²) in [4.78, 5) is 12.8. The molecule has 0 radical (unpaired) electrons. The molecule has 0 atom stereocenters. The number of carbonyl (C=O) groups excluding carboxylic acids is 1. The SMILES string of the molecule is CCn1ncc(Br)c1C(=O)c1cc2ccccc2cc1N. The Hall–Kier alpha value is -2.14. The molecule has 106 valence electrons. The Morgan fingerprint density at radius 3 is 2.62 bits per heavy atom. The van der Waals surface area contributed by atoms with Crippen molar-refractivity contribution in [2.75, 3.05) is 5.73 Å². The van der Waals surface area contributed by atoms with Crippen LogP contribution >= 0.6 is 15.9 Å². The average molecular weight is 344 g/mol. The van der Waals surface area contributed by atoms with E-state index in [2.05, 4.69) is 21.0 Å². The lowest BCUT2D eigenvalue weighted by Gasteiger charge is -2.09. The lowest BCUT2D eigenvalue weighted by Crippen LogP contribution is -2.13. The second-order valence-electron chi connectivity index (χ2n) is 4.77.